The van der Waals surface area contributed by atoms with Crippen LogP contribution in [0.4, 0.5) is 5.69 Å². The molecule has 0 radical (unpaired) electrons. The van der Waals surface area contributed by atoms with Crippen LogP contribution in [0, 0.1) is 0 Å². The molecule has 0 aliphatic carbocycles. The zero-order chi connectivity index (χ0) is 15.6. The molecule has 1 amide bonds. The van der Waals surface area contributed by atoms with Gasteiger partial charge < -0.3 is 4.90 Å². The van der Waals surface area contributed by atoms with Gasteiger partial charge in [0.1, 0.15) is 0 Å². The molecular weight excluding hydrogens is 264 g/mol. The van der Waals surface area contributed by atoms with E-state index in [9.17, 15) is 9.59 Å². The second kappa shape index (κ2) is 6.39. The van der Waals surface area contributed by atoms with E-state index in [-0.39, 0.29) is 5.78 Å². The average Bonchev–Trinajstić information content (AvgIpc) is 2.67. The van der Waals surface area contributed by atoms with E-state index in [1.54, 1.807) is 17.0 Å². The number of amides is 1. The highest BCUT2D eigenvalue weighted by Gasteiger charge is 2.34. The van der Waals surface area contributed by atoms with E-state index in [1.807, 2.05) is 12.1 Å². The van der Waals surface area contributed by atoms with Crippen molar-refractivity contribution in [1.29, 1.82) is 0 Å². The van der Waals surface area contributed by atoms with Crippen LogP contribution in [-0.4, -0.2) is 41.8 Å². The zero-order valence-corrected chi connectivity index (χ0v) is 13.3. The van der Waals surface area contributed by atoms with E-state index in [4.69, 9.17) is 0 Å². The Bertz CT molecular complexity index is 529. The number of benzene rings is 1. The zero-order valence-electron chi connectivity index (χ0n) is 13.3. The fourth-order valence-corrected chi connectivity index (χ4v) is 2.99. The summed E-state index contributed by atoms with van der Waals surface area (Å²) in [5.74, 6) is -0.771. The molecule has 114 valence electrons. The summed E-state index contributed by atoms with van der Waals surface area (Å²) >= 11 is 0. The Labute approximate surface area is 126 Å². The number of carbonyl (C=O) groups is 2. The fourth-order valence-electron chi connectivity index (χ4n) is 2.99. The molecule has 0 saturated carbocycles. The van der Waals surface area contributed by atoms with Crippen molar-refractivity contribution >= 4 is 17.4 Å². The maximum Gasteiger partial charge on any atom is 0.299 e. The molecule has 1 aromatic rings. The van der Waals surface area contributed by atoms with Crippen LogP contribution in [0.1, 0.15) is 44.5 Å². The van der Waals surface area contributed by atoms with Crippen LogP contribution in [0.2, 0.25) is 0 Å². The highest BCUT2D eigenvalue weighted by atomic mass is 16.2. The van der Waals surface area contributed by atoms with Crippen LogP contribution in [0.5, 0.6) is 0 Å². The van der Waals surface area contributed by atoms with Gasteiger partial charge in [0, 0.05) is 25.2 Å². The van der Waals surface area contributed by atoms with Gasteiger partial charge >= 0.3 is 0 Å². The lowest BCUT2D eigenvalue weighted by Crippen LogP contribution is -2.39. The normalized spacial score (nSPS) is 14.7. The van der Waals surface area contributed by atoms with E-state index < -0.39 is 5.91 Å². The van der Waals surface area contributed by atoms with Gasteiger partial charge in [0.05, 0.1) is 11.3 Å². The van der Waals surface area contributed by atoms with Crippen molar-refractivity contribution in [2.75, 3.05) is 18.0 Å². The topological polar surface area (TPSA) is 40.6 Å². The SMILES string of the molecule is CC(C)N(CCCN1C(=O)C(=O)c2ccccc21)C(C)C. The van der Waals surface area contributed by atoms with Crippen LogP contribution < -0.4 is 4.90 Å². The van der Waals surface area contributed by atoms with Crippen molar-refractivity contribution in [2.45, 2.75) is 46.2 Å². The summed E-state index contributed by atoms with van der Waals surface area (Å²) in [6, 6.07) is 8.20. The number of nitrogens with zero attached hydrogens (tertiary/aromatic N) is 2. The van der Waals surface area contributed by atoms with Crippen molar-refractivity contribution < 1.29 is 9.59 Å². The minimum Gasteiger partial charge on any atom is -0.305 e. The number of para-hydroxylation sites is 1. The molecule has 0 N–H and O–H groups in total. The second-order valence-electron chi connectivity index (χ2n) is 6.08. The third-order valence-electron chi connectivity index (χ3n) is 4.00. The van der Waals surface area contributed by atoms with Crippen molar-refractivity contribution in [3.8, 4) is 0 Å². The predicted octanol–water partition coefficient (Wildman–Crippen LogP) is 2.72. The molecule has 0 unspecified atom stereocenters. The van der Waals surface area contributed by atoms with E-state index in [2.05, 4.69) is 32.6 Å². The van der Waals surface area contributed by atoms with E-state index in [0.717, 1.165) is 18.7 Å². The summed E-state index contributed by atoms with van der Waals surface area (Å²) in [4.78, 5) is 28.0. The summed E-state index contributed by atoms with van der Waals surface area (Å²) in [7, 11) is 0. The highest BCUT2D eigenvalue weighted by Crippen LogP contribution is 2.28. The van der Waals surface area contributed by atoms with Gasteiger partial charge in [-0.15, -0.1) is 0 Å². The van der Waals surface area contributed by atoms with E-state index >= 15 is 0 Å². The molecule has 21 heavy (non-hydrogen) atoms. The third kappa shape index (κ3) is 3.16. The molecule has 1 aromatic carbocycles. The summed E-state index contributed by atoms with van der Waals surface area (Å²) in [5, 5.41) is 0. The monoisotopic (exact) mass is 288 g/mol. The molecule has 1 heterocycles. The number of rotatable bonds is 6. The summed E-state index contributed by atoms with van der Waals surface area (Å²) in [5.41, 5.74) is 1.29. The highest BCUT2D eigenvalue weighted by molar-refractivity contribution is 6.52. The Balaban J connectivity index is 2.01. The van der Waals surface area contributed by atoms with Gasteiger partial charge in [-0.1, -0.05) is 12.1 Å². The molecule has 0 fully saturated rings. The van der Waals surface area contributed by atoms with E-state index in [1.165, 1.54) is 0 Å². The first-order valence-electron chi connectivity index (χ1n) is 7.64. The molecule has 4 nitrogen and oxygen atoms in total. The predicted molar refractivity (Wildman–Crippen MR) is 84.7 cm³/mol. The van der Waals surface area contributed by atoms with Crippen LogP contribution in [0.15, 0.2) is 24.3 Å². The first-order chi connectivity index (χ1) is 9.93. The van der Waals surface area contributed by atoms with Crippen LogP contribution in [0.25, 0.3) is 0 Å². The van der Waals surface area contributed by atoms with E-state index in [0.29, 0.717) is 24.2 Å². The number of Topliss-reactive ketones (excluding diaryl/α,β-unsaturated/α-hetero) is 1. The fraction of sp³-hybridized carbons (Fsp3) is 0.529. The minimum atomic E-state index is -0.392. The lowest BCUT2D eigenvalue weighted by atomic mass is 10.1. The maximum absolute atomic E-state index is 12.1. The summed E-state index contributed by atoms with van der Waals surface area (Å²) in [6.45, 7) is 10.2. The van der Waals surface area contributed by atoms with Gasteiger partial charge in [-0.25, -0.2) is 0 Å². The lowest BCUT2D eigenvalue weighted by molar-refractivity contribution is -0.114. The summed E-state index contributed by atoms with van der Waals surface area (Å²) < 4.78 is 0. The molecule has 0 spiro atoms. The second-order valence-corrected chi connectivity index (χ2v) is 6.08. The van der Waals surface area contributed by atoms with Crippen LogP contribution in [0.3, 0.4) is 0 Å². The smallest absolute Gasteiger partial charge is 0.299 e. The molecule has 2 rings (SSSR count). The van der Waals surface area contributed by atoms with Crippen molar-refractivity contribution in [3.05, 3.63) is 29.8 Å². The Hall–Kier alpha value is -1.68. The number of carbonyl (C=O) groups excluding carboxylic acids is 2. The minimum absolute atomic E-state index is 0.379. The van der Waals surface area contributed by atoms with Crippen LogP contribution >= 0.6 is 0 Å². The number of fused-ring (bicyclic) bond motifs is 1. The lowest BCUT2D eigenvalue weighted by Gasteiger charge is -2.31. The van der Waals surface area contributed by atoms with Crippen molar-refractivity contribution in [3.63, 3.8) is 0 Å². The Morgan fingerprint density at radius 2 is 1.67 bits per heavy atom. The maximum atomic E-state index is 12.1. The first kappa shape index (κ1) is 15.7. The van der Waals surface area contributed by atoms with Gasteiger partial charge in [-0.05, 0) is 46.2 Å². The molecular formula is C17H24N2O2. The van der Waals surface area contributed by atoms with Crippen molar-refractivity contribution in [2.24, 2.45) is 0 Å². The largest absolute Gasteiger partial charge is 0.305 e. The number of anilines is 1. The number of ketones is 1. The summed E-state index contributed by atoms with van der Waals surface area (Å²) in [6.07, 6.45) is 0.865. The molecule has 4 heteroatoms. The molecule has 0 aromatic heterocycles. The third-order valence-corrected chi connectivity index (χ3v) is 4.00. The molecule has 1 aliphatic rings. The van der Waals surface area contributed by atoms with Gasteiger partial charge in [0.15, 0.2) is 0 Å². The Kier molecular flexibility index (Phi) is 4.78. The Morgan fingerprint density at radius 1 is 1.05 bits per heavy atom. The number of hydrogen-bond acceptors (Lipinski definition) is 3. The first-order valence-corrected chi connectivity index (χ1v) is 7.64. The average molecular weight is 288 g/mol. The number of hydrogen-bond donors (Lipinski definition) is 0. The molecule has 0 bridgehead atoms. The van der Waals surface area contributed by atoms with Gasteiger partial charge in [-0.3, -0.25) is 14.5 Å². The van der Waals surface area contributed by atoms with Gasteiger partial charge in [0.25, 0.3) is 11.7 Å². The van der Waals surface area contributed by atoms with Crippen LogP contribution in [-0.2, 0) is 4.79 Å². The molecule has 0 saturated heterocycles. The molecule has 1 aliphatic heterocycles. The quantitative estimate of drug-likeness (QED) is 0.756. The van der Waals surface area contributed by atoms with Crippen molar-refractivity contribution in [1.82, 2.24) is 4.90 Å². The molecule has 0 atom stereocenters. The van der Waals surface area contributed by atoms with Gasteiger partial charge in [-0.2, -0.15) is 0 Å². The Morgan fingerprint density at radius 3 is 2.29 bits per heavy atom. The standard InChI is InChI=1S/C17H24N2O2/c1-12(2)18(13(3)4)10-7-11-19-15-9-6-5-8-14(15)16(20)17(19)21/h5-6,8-9,12-13H,7,10-11H2,1-4H3. The van der Waals surface area contributed by atoms with Gasteiger partial charge in [0.2, 0.25) is 0 Å².